The molecule has 0 spiro atoms. The van der Waals surface area contributed by atoms with Gasteiger partial charge in [0.15, 0.2) is 11.4 Å². The molecule has 2 nitrogen and oxygen atoms in total. The van der Waals surface area contributed by atoms with Crippen molar-refractivity contribution in [2.75, 3.05) is 0 Å². The van der Waals surface area contributed by atoms with Gasteiger partial charge in [-0.25, -0.2) is 4.39 Å². The first-order chi connectivity index (χ1) is 9.95. The third kappa shape index (κ3) is 2.87. The Morgan fingerprint density at radius 2 is 1.90 bits per heavy atom. The van der Waals surface area contributed by atoms with Crippen LogP contribution in [-0.4, -0.2) is 5.11 Å². The number of benzene rings is 2. The number of fused-ring (bicyclic) bond motifs is 1. The van der Waals surface area contributed by atoms with Gasteiger partial charge in [0.05, 0.1) is 0 Å². The van der Waals surface area contributed by atoms with Crippen LogP contribution >= 0.6 is 15.9 Å². The lowest BCUT2D eigenvalue weighted by Gasteiger charge is -2.20. The van der Waals surface area contributed by atoms with E-state index in [0.717, 1.165) is 10.0 Å². The van der Waals surface area contributed by atoms with Gasteiger partial charge < -0.3 is 9.52 Å². The van der Waals surface area contributed by atoms with Gasteiger partial charge in [-0.3, -0.25) is 0 Å². The fourth-order valence-corrected chi connectivity index (χ4v) is 2.64. The zero-order valence-electron chi connectivity index (χ0n) is 11.4. The van der Waals surface area contributed by atoms with E-state index >= 15 is 0 Å². The van der Waals surface area contributed by atoms with Gasteiger partial charge in [0, 0.05) is 16.3 Å². The van der Waals surface area contributed by atoms with Crippen LogP contribution in [0.4, 0.5) is 4.39 Å². The first kappa shape index (κ1) is 14.3. The number of aliphatic hydroxyl groups is 1. The van der Waals surface area contributed by atoms with Crippen LogP contribution in [0.25, 0.3) is 11.0 Å². The minimum absolute atomic E-state index is 0.184. The molecule has 1 heterocycles. The van der Waals surface area contributed by atoms with Gasteiger partial charge >= 0.3 is 0 Å². The number of hydrogen-bond donors (Lipinski definition) is 1. The van der Waals surface area contributed by atoms with Crippen LogP contribution in [-0.2, 0) is 12.0 Å². The molecule has 0 saturated carbocycles. The molecule has 4 heteroatoms. The summed E-state index contributed by atoms with van der Waals surface area (Å²) in [5.74, 6) is -0.0521. The van der Waals surface area contributed by atoms with Gasteiger partial charge in [-0.1, -0.05) is 40.2 Å². The molecule has 0 radical (unpaired) electrons. The van der Waals surface area contributed by atoms with E-state index in [1.165, 1.54) is 6.07 Å². The summed E-state index contributed by atoms with van der Waals surface area (Å²) in [5, 5.41) is 11.3. The van der Waals surface area contributed by atoms with E-state index in [1.807, 2.05) is 24.3 Å². The smallest absolute Gasteiger partial charge is 0.170 e. The van der Waals surface area contributed by atoms with Gasteiger partial charge in [0.25, 0.3) is 0 Å². The Kier molecular flexibility index (Phi) is 3.59. The maximum Gasteiger partial charge on any atom is 0.170 e. The van der Waals surface area contributed by atoms with Crippen molar-refractivity contribution in [2.24, 2.45) is 0 Å². The summed E-state index contributed by atoms with van der Waals surface area (Å²) in [5.41, 5.74) is -0.0352. The molecule has 1 atom stereocenters. The Bertz CT molecular complexity index is 775. The molecule has 0 aliphatic rings. The third-order valence-electron chi connectivity index (χ3n) is 3.49. The maximum atomic E-state index is 13.7. The van der Waals surface area contributed by atoms with Crippen LogP contribution in [0.3, 0.4) is 0 Å². The fourth-order valence-electron chi connectivity index (χ4n) is 2.38. The summed E-state index contributed by atoms with van der Waals surface area (Å²) in [6.07, 6.45) is 0.391. The SMILES string of the molecule is CC(O)(Cc1ccc(Br)cc1)c1cc2cccc(F)c2o1. The molecule has 0 fully saturated rings. The van der Waals surface area contributed by atoms with Crippen molar-refractivity contribution in [3.8, 4) is 0 Å². The van der Waals surface area contributed by atoms with Gasteiger partial charge in [-0.05, 0) is 36.8 Å². The second-order valence-corrected chi connectivity index (χ2v) is 6.26. The van der Waals surface area contributed by atoms with E-state index in [-0.39, 0.29) is 5.58 Å². The highest BCUT2D eigenvalue weighted by molar-refractivity contribution is 9.10. The molecular weight excluding hydrogens is 335 g/mol. The number of para-hydroxylation sites is 1. The summed E-state index contributed by atoms with van der Waals surface area (Å²) in [6, 6.07) is 14.1. The van der Waals surface area contributed by atoms with Crippen molar-refractivity contribution in [1.82, 2.24) is 0 Å². The molecular formula is C17H14BrFO2. The van der Waals surface area contributed by atoms with Crippen molar-refractivity contribution >= 4 is 26.9 Å². The Labute approximate surface area is 130 Å². The lowest BCUT2D eigenvalue weighted by Crippen LogP contribution is -2.23. The first-order valence-electron chi connectivity index (χ1n) is 6.61. The van der Waals surface area contributed by atoms with Crippen LogP contribution in [0.15, 0.2) is 57.4 Å². The van der Waals surface area contributed by atoms with Crippen molar-refractivity contribution in [3.05, 3.63) is 70.1 Å². The maximum absolute atomic E-state index is 13.7. The molecule has 1 N–H and O–H groups in total. The average Bonchev–Trinajstić information content (AvgIpc) is 2.88. The van der Waals surface area contributed by atoms with E-state index in [9.17, 15) is 9.50 Å². The Balaban J connectivity index is 1.95. The van der Waals surface area contributed by atoms with E-state index < -0.39 is 11.4 Å². The normalized spacial score (nSPS) is 14.3. The fraction of sp³-hybridized carbons (Fsp3) is 0.176. The molecule has 2 aromatic carbocycles. The van der Waals surface area contributed by atoms with Gasteiger partial charge in [0.2, 0.25) is 0 Å². The van der Waals surface area contributed by atoms with Crippen molar-refractivity contribution in [2.45, 2.75) is 18.9 Å². The van der Waals surface area contributed by atoms with E-state index in [2.05, 4.69) is 15.9 Å². The third-order valence-corrected chi connectivity index (χ3v) is 4.02. The predicted molar refractivity (Wildman–Crippen MR) is 83.6 cm³/mol. The molecule has 0 amide bonds. The molecule has 1 aromatic heterocycles. The topological polar surface area (TPSA) is 33.4 Å². The zero-order valence-corrected chi connectivity index (χ0v) is 13.0. The molecule has 3 aromatic rings. The van der Waals surface area contributed by atoms with E-state index in [4.69, 9.17) is 4.42 Å². The van der Waals surface area contributed by atoms with Crippen molar-refractivity contribution in [3.63, 3.8) is 0 Å². The minimum Gasteiger partial charge on any atom is -0.455 e. The van der Waals surface area contributed by atoms with Crippen LogP contribution < -0.4 is 0 Å². The number of furan rings is 1. The molecule has 108 valence electrons. The van der Waals surface area contributed by atoms with Crippen molar-refractivity contribution < 1.29 is 13.9 Å². The van der Waals surface area contributed by atoms with Crippen LogP contribution in [0.5, 0.6) is 0 Å². The lowest BCUT2D eigenvalue weighted by atomic mass is 9.94. The molecule has 0 aliphatic carbocycles. The predicted octanol–water partition coefficient (Wildman–Crippen LogP) is 4.78. The number of hydrogen-bond acceptors (Lipinski definition) is 2. The van der Waals surface area contributed by atoms with Crippen LogP contribution in [0.1, 0.15) is 18.2 Å². The molecule has 3 rings (SSSR count). The molecule has 21 heavy (non-hydrogen) atoms. The van der Waals surface area contributed by atoms with Gasteiger partial charge in [0.1, 0.15) is 11.4 Å². The molecule has 1 unspecified atom stereocenters. The highest BCUT2D eigenvalue weighted by Gasteiger charge is 2.28. The quantitative estimate of drug-likeness (QED) is 0.738. The second-order valence-electron chi connectivity index (χ2n) is 5.35. The minimum atomic E-state index is -1.20. The summed E-state index contributed by atoms with van der Waals surface area (Å²) < 4.78 is 20.2. The monoisotopic (exact) mass is 348 g/mol. The zero-order chi connectivity index (χ0) is 15.0. The summed E-state index contributed by atoms with van der Waals surface area (Å²) in [7, 11) is 0. The van der Waals surface area contributed by atoms with Gasteiger partial charge in [-0.15, -0.1) is 0 Å². The highest BCUT2D eigenvalue weighted by Crippen LogP contribution is 2.32. The molecule has 0 bridgehead atoms. The number of rotatable bonds is 3. The Morgan fingerprint density at radius 1 is 1.19 bits per heavy atom. The summed E-state index contributed by atoms with van der Waals surface area (Å²) in [6.45, 7) is 1.67. The van der Waals surface area contributed by atoms with Crippen molar-refractivity contribution in [1.29, 1.82) is 0 Å². The van der Waals surface area contributed by atoms with Crippen LogP contribution in [0, 0.1) is 5.82 Å². The Hall–Kier alpha value is -1.65. The molecule has 0 aliphatic heterocycles. The van der Waals surface area contributed by atoms with Crippen LogP contribution in [0.2, 0.25) is 0 Å². The molecule has 0 saturated heterocycles. The van der Waals surface area contributed by atoms with Gasteiger partial charge in [-0.2, -0.15) is 0 Å². The lowest BCUT2D eigenvalue weighted by molar-refractivity contribution is 0.0359. The summed E-state index contributed by atoms with van der Waals surface area (Å²) in [4.78, 5) is 0. The van der Waals surface area contributed by atoms with E-state index in [0.29, 0.717) is 17.6 Å². The average molecular weight is 349 g/mol. The first-order valence-corrected chi connectivity index (χ1v) is 7.40. The Morgan fingerprint density at radius 3 is 2.57 bits per heavy atom. The largest absolute Gasteiger partial charge is 0.455 e. The standard InChI is InChI=1S/C17H14BrFO2/c1-17(20,10-11-5-7-13(18)8-6-11)15-9-12-3-2-4-14(19)16(12)21-15/h2-9,20H,10H2,1H3. The van der Waals surface area contributed by atoms with E-state index in [1.54, 1.807) is 25.1 Å². The number of halogens is 2. The highest BCUT2D eigenvalue weighted by atomic mass is 79.9. The summed E-state index contributed by atoms with van der Waals surface area (Å²) >= 11 is 3.38. The second kappa shape index (κ2) is 5.28.